The maximum Gasteiger partial charge on any atom is 0.245 e. The van der Waals surface area contributed by atoms with Crippen molar-refractivity contribution in [1.29, 1.82) is 0 Å². The van der Waals surface area contributed by atoms with E-state index < -0.39 is 24.3 Å². The molecule has 1 fully saturated rings. The molecule has 3 N–H and O–H groups in total. The lowest BCUT2D eigenvalue weighted by atomic mass is 9.89. The summed E-state index contributed by atoms with van der Waals surface area (Å²) in [6.07, 6.45) is 1.22. The number of ether oxygens (including phenoxy) is 2. The van der Waals surface area contributed by atoms with Crippen LogP contribution in [0.25, 0.3) is 0 Å². The van der Waals surface area contributed by atoms with Gasteiger partial charge in [0.2, 0.25) is 17.7 Å². The van der Waals surface area contributed by atoms with Gasteiger partial charge in [0.05, 0.1) is 42.9 Å². The molecule has 0 aliphatic carbocycles. The van der Waals surface area contributed by atoms with Crippen molar-refractivity contribution in [3.8, 4) is 0 Å². The second-order valence-corrected chi connectivity index (χ2v) is 16.5. The Kier molecular flexibility index (Phi) is 19.4. The van der Waals surface area contributed by atoms with Crippen LogP contribution in [0.2, 0.25) is 0 Å². The molecule has 1 aromatic rings. The Morgan fingerprint density at radius 3 is 2.06 bits per heavy atom. The third-order valence-corrected chi connectivity index (χ3v) is 11.7. The van der Waals surface area contributed by atoms with Gasteiger partial charge in [0, 0.05) is 46.4 Å². The van der Waals surface area contributed by atoms with Crippen molar-refractivity contribution in [2.75, 3.05) is 41.4 Å². The minimum absolute atomic E-state index is 0.0196. The molecule has 0 radical (unpaired) electrons. The molecule has 0 unspecified atom stereocenters. The van der Waals surface area contributed by atoms with E-state index in [9.17, 15) is 19.5 Å². The molecule has 1 heterocycles. The van der Waals surface area contributed by atoms with Crippen molar-refractivity contribution in [1.82, 2.24) is 25.3 Å². The van der Waals surface area contributed by atoms with Crippen molar-refractivity contribution in [3.05, 3.63) is 35.9 Å². The number of methoxy groups -OCH3 is 2. The molecular formula is C42H75N5O6. The third-order valence-electron chi connectivity index (χ3n) is 11.7. The van der Waals surface area contributed by atoms with Crippen LogP contribution in [0.3, 0.4) is 0 Å². The summed E-state index contributed by atoms with van der Waals surface area (Å²) in [7, 11) is 7.04. The first-order valence-electron chi connectivity index (χ1n) is 20.0. The molecule has 0 aromatic heterocycles. The number of hydrogen-bond acceptors (Lipinski definition) is 8. The van der Waals surface area contributed by atoms with Gasteiger partial charge in [-0.2, -0.15) is 0 Å². The molecule has 3 amide bonds. The van der Waals surface area contributed by atoms with E-state index in [0.717, 1.165) is 24.8 Å². The zero-order valence-electron chi connectivity index (χ0n) is 35.5. The van der Waals surface area contributed by atoms with E-state index in [1.54, 1.807) is 26.2 Å². The molecule has 1 aliphatic heterocycles. The van der Waals surface area contributed by atoms with Gasteiger partial charge in [0.15, 0.2) is 0 Å². The van der Waals surface area contributed by atoms with E-state index in [0.29, 0.717) is 13.1 Å². The zero-order valence-corrected chi connectivity index (χ0v) is 35.5. The van der Waals surface area contributed by atoms with E-state index in [4.69, 9.17) is 9.47 Å². The quantitative estimate of drug-likeness (QED) is 0.150. The lowest BCUT2D eigenvalue weighted by Gasteiger charge is -2.41. The fourth-order valence-corrected chi connectivity index (χ4v) is 8.02. The predicted molar refractivity (Wildman–Crippen MR) is 213 cm³/mol. The molecule has 2 rings (SSSR count). The van der Waals surface area contributed by atoms with Gasteiger partial charge in [-0.25, -0.2) is 0 Å². The topological polar surface area (TPSA) is 124 Å². The van der Waals surface area contributed by atoms with Gasteiger partial charge in [-0.1, -0.05) is 85.2 Å². The highest BCUT2D eigenvalue weighted by Gasteiger charge is 2.42. The maximum absolute atomic E-state index is 14.3. The SMILES string of the molecule is CC[C@H](C)[C@@H]([C@@H](CC(=O)N1CCC[C@H]1[C@H](OC)[C@@H](C)CN[C@H](C)[C@@H](O)c1ccccc1)OC)N(C)C(=O)[C@@H](NC(=O)[C@H](C(C)C)N(C)C(C)C)C(C)C. The monoisotopic (exact) mass is 746 g/mol. The Morgan fingerprint density at radius 2 is 1.55 bits per heavy atom. The standard InChI is InChI=1S/C42H75N5O6/c1-15-29(8)38(46(12)42(51)36(26(2)3)44-41(50)37(27(4)5)45(11)28(6)7)34(52-13)24-35(48)47-23-19-22-33(47)40(53-14)30(9)25-43-31(10)39(49)32-20-17-16-18-21-32/h16-18,20-21,26-31,33-34,36-40,43,49H,15,19,22-25H2,1-14H3,(H,44,50)/t29-,30-,31+,33-,34+,36-,37-,38-,39+,40+/m0/s1. The van der Waals surface area contributed by atoms with Crippen LogP contribution >= 0.6 is 0 Å². The van der Waals surface area contributed by atoms with Gasteiger partial charge >= 0.3 is 0 Å². The first kappa shape index (κ1) is 46.6. The summed E-state index contributed by atoms with van der Waals surface area (Å²) in [5, 5.41) is 17.5. The first-order chi connectivity index (χ1) is 24.9. The molecule has 0 bridgehead atoms. The van der Waals surface area contributed by atoms with Gasteiger partial charge in [0.25, 0.3) is 0 Å². The molecule has 0 saturated carbocycles. The van der Waals surface area contributed by atoms with Crippen molar-refractivity contribution < 1.29 is 29.0 Å². The minimum Gasteiger partial charge on any atom is -0.387 e. The summed E-state index contributed by atoms with van der Waals surface area (Å²) in [4.78, 5) is 48.0. The highest BCUT2D eigenvalue weighted by molar-refractivity contribution is 5.90. The zero-order chi connectivity index (χ0) is 40.2. The van der Waals surface area contributed by atoms with Crippen LogP contribution in [0.4, 0.5) is 0 Å². The van der Waals surface area contributed by atoms with Crippen molar-refractivity contribution >= 4 is 17.7 Å². The van der Waals surface area contributed by atoms with Crippen LogP contribution in [0.1, 0.15) is 107 Å². The Labute approximate surface area is 321 Å². The molecule has 1 aliphatic rings. The Hall–Kier alpha value is -2.57. The summed E-state index contributed by atoms with van der Waals surface area (Å²) in [6, 6.07) is 8.03. The molecule has 1 saturated heterocycles. The number of aliphatic hydroxyl groups is 1. The summed E-state index contributed by atoms with van der Waals surface area (Å²) in [5.41, 5.74) is 0.866. The number of nitrogens with one attached hydrogen (secondary N) is 2. The summed E-state index contributed by atoms with van der Waals surface area (Å²) in [5.74, 6) is -0.359. The van der Waals surface area contributed by atoms with Crippen LogP contribution in [0.15, 0.2) is 30.3 Å². The predicted octanol–water partition coefficient (Wildman–Crippen LogP) is 5.12. The number of rotatable bonds is 22. The Morgan fingerprint density at radius 1 is 0.925 bits per heavy atom. The second kappa shape index (κ2) is 22.1. The van der Waals surface area contributed by atoms with E-state index in [1.807, 2.05) is 81.8 Å². The van der Waals surface area contributed by atoms with Gasteiger partial charge < -0.3 is 35.0 Å². The number of carbonyl (C=O) groups excluding carboxylic acids is 3. The molecule has 11 heteroatoms. The van der Waals surface area contributed by atoms with Gasteiger partial charge in [0.1, 0.15) is 6.04 Å². The maximum atomic E-state index is 14.3. The lowest BCUT2D eigenvalue weighted by Crippen LogP contribution is -2.60. The van der Waals surface area contributed by atoms with E-state index in [2.05, 4.69) is 45.3 Å². The van der Waals surface area contributed by atoms with Crippen LogP contribution in [0.5, 0.6) is 0 Å². The Balaban J connectivity index is 2.23. The summed E-state index contributed by atoms with van der Waals surface area (Å²) < 4.78 is 12.2. The number of likely N-dealkylation sites (N-methyl/N-ethyl adjacent to an activating group) is 2. The van der Waals surface area contributed by atoms with Crippen LogP contribution in [0, 0.1) is 23.7 Å². The highest BCUT2D eigenvalue weighted by atomic mass is 16.5. The molecule has 53 heavy (non-hydrogen) atoms. The van der Waals surface area contributed by atoms with Crippen molar-refractivity contribution in [2.24, 2.45) is 23.7 Å². The smallest absolute Gasteiger partial charge is 0.245 e. The van der Waals surface area contributed by atoms with Crippen LogP contribution in [-0.2, 0) is 23.9 Å². The van der Waals surface area contributed by atoms with Gasteiger partial charge in [-0.3, -0.25) is 19.3 Å². The largest absolute Gasteiger partial charge is 0.387 e. The van der Waals surface area contributed by atoms with E-state index in [-0.39, 0.29) is 78.1 Å². The number of benzene rings is 1. The number of aliphatic hydroxyl groups excluding tert-OH is 1. The van der Waals surface area contributed by atoms with Gasteiger partial charge in [-0.05, 0) is 69.9 Å². The third kappa shape index (κ3) is 12.5. The van der Waals surface area contributed by atoms with Crippen molar-refractivity contribution in [3.63, 3.8) is 0 Å². The Bertz CT molecular complexity index is 1250. The second-order valence-electron chi connectivity index (χ2n) is 16.5. The average Bonchev–Trinajstić information content (AvgIpc) is 3.61. The average molecular weight is 746 g/mol. The first-order valence-corrected chi connectivity index (χ1v) is 20.0. The van der Waals surface area contributed by atoms with Gasteiger partial charge in [-0.15, -0.1) is 0 Å². The van der Waals surface area contributed by atoms with Crippen LogP contribution in [-0.4, -0.2) is 127 Å². The van der Waals surface area contributed by atoms with E-state index in [1.165, 1.54) is 0 Å². The molecule has 0 spiro atoms. The number of amides is 3. The van der Waals surface area contributed by atoms with E-state index >= 15 is 0 Å². The summed E-state index contributed by atoms with van der Waals surface area (Å²) in [6.45, 7) is 21.6. The summed E-state index contributed by atoms with van der Waals surface area (Å²) >= 11 is 0. The fourth-order valence-electron chi connectivity index (χ4n) is 8.02. The molecule has 11 nitrogen and oxygen atoms in total. The molecule has 304 valence electrons. The fraction of sp³-hybridized carbons (Fsp3) is 0.786. The van der Waals surface area contributed by atoms with Crippen LogP contribution < -0.4 is 10.6 Å². The van der Waals surface area contributed by atoms with Crippen molar-refractivity contribution in [2.45, 2.75) is 149 Å². The number of carbonyl (C=O) groups is 3. The normalized spacial score (nSPS) is 20.2. The molecule has 1 aromatic carbocycles. The number of likely N-dealkylation sites (tertiary alicyclic amines) is 1. The lowest BCUT2D eigenvalue weighted by molar-refractivity contribution is -0.147. The molecular weight excluding hydrogens is 670 g/mol. The minimum atomic E-state index is -0.730. The number of nitrogens with zero attached hydrogens (tertiary/aromatic N) is 3. The number of hydrogen-bond donors (Lipinski definition) is 3. The molecule has 10 atom stereocenters. The highest BCUT2D eigenvalue weighted by Crippen LogP contribution is 2.30.